The average Bonchev–Trinajstić information content (AvgIpc) is 3.53. The number of carboxylic acid groups (broad SMARTS) is 1. The summed E-state index contributed by atoms with van der Waals surface area (Å²) in [6.45, 7) is 5.61. The fourth-order valence-corrected chi connectivity index (χ4v) is 5.02. The van der Waals surface area contributed by atoms with Gasteiger partial charge in [-0.15, -0.1) is 0 Å². The molecular formula is C21H24FN3O4. The van der Waals surface area contributed by atoms with E-state index in [2.05, 4.69) is 16.6 Å². The number of anilines is 1. The first-order valence-corrected chi connectivity index (χ1v) is 9.91. The number of halogens is 1. The number of nitrogens with zero attached hydrogens (tertiary/aromatic N) is 2. The zero-order chi connectivity index (χ0) is 20.7. The fraction of sp³-hybridized carbons (Fsp3) is 0.524. The van der Waals surface area contributed by atoms with Crippen molar-refractivity contribution >= 4 is 22.7 Å². The van der Waals surface area contributed by atoms with E-state index < -0.39 is 23.8 Å². The van der Waals surface area contributed by atoms with Crippen LogP contribution in [0.1, 0.15) is 37.8 Å². The second-order valence-corrected chi connectivity index (χ2v) is 9.08. The van der Waals surface area contributed by atoms with Crippen molar-refractivity contribution in [2.24, 2.45) is 11.1 Å². The summed E-state index contributed by atoms with van der Waals surface area (Å²) in [7, 11) is 0. The minimum atomic E-state index is -1.57. The molecule has 1 aromatic carbocycles. The van der Waals surface area contributed by atoms with Gasteiger partial charge in [-0.05, 0) is 44.4 Å². The highest BCUT2D eigenvalue weighted by Crippen LogP contribution is 2.58. The van der Waals surface area contributed by atoms with Gasteiger partial charge in [-0.25, -0.2) is 9.18 Å². The van der Waals surface area contributed by atoms with Crippen LogP contribution < -0.4 is 20.8 Å². The number of hydrogen-bond donors (Lipinski definition) is 2. The zero-order valence-corrected chi connectivity index (χ0v) is 16.4. The summed E-state index contributed by atoms with van der Waals surface area (Å²) >= 11 is 0. The van der Waals surface area contributed by atoms with Gasteiger partial charge in [0.05, 0.1) is 23.1 Å². The normalized spacial score (nSPS) is 29.4. The molecule has 2 heterocycles. The van der Waals surface area contributed by atoms with Crippen LogP contribution >= 0.6 is 0 Å². The molecule has 0 amide bonds. The fourth-order valence-electron chi connectivity index (χ4n) is 5.02. The number of fused-ring (bicyclic) bond motifs is 1. The van der Waals surface area contributed by atoms with Crippen molar-refractivity contribution in [3.05, 3.63) is 34.1 Å². The van der Waals surface area contributed by atoms with Gasteiger partial charge in [0.2, 0.25) is 5.43 Å². The summed E-state index contributed by atoms with van der Waals surface area (Å²) < 4.78 is 20.3. The topological polar surface area (TPSA) is 97.8 Å². The van der Waals surface area contributed by atoms with Gasteiger partial charge in [0.15, 0.2) is 5.75 Å². The first kappa shape index (κ1) is 18.4. The summed E-state index contributed by atoms with van der Waals surface area (Å²) in [6, 6.07) is 3.15. The maximum Gasteiger partial charge on any atom is 0.511 e. The predicted molar refractivity (Wildman–Crippen MR) is 107 cm³/mol. The smallest absolute Gasteiger partial charge is 0.449 e. The lowest BCUT2D eigenvalue weighted by Crippen LogP contribution is -2.45. The number of hydrogen-bond acceptors (Lipinski definition) is 5. The SMILES string of the molecule is Cc1c(N2CC3(CC3)[C@](C)(N)C2)ccc2c(=O)c(OC(=O)O)cn([C@@H]3C[C@@H]3F)c12. The highest BCUT2D eigenvalue weighted by Gasteiger charge is 2.60. The first-order valence-electron chi connectivity index (χ1n) is 9.91. The molecule has 3 aliphatic rings. The van der Waals surface area contributed by atoms with E-state index in [9.17, 15) is 14.0 Å². The van der Waals surface area contributed by atoms with Gasteiger partial charge < -0.3 is 25.0 Å². The maximum absolute atomic E-state index is 13.9. The predicted octanol–water partition coefficient (Wildman–Crippen LogP) is 2.97. The molecule has 2 saturated carbocycles. The van der Waals surface area contributed by atoms with Crippen LogP contribution in [0, 0.1) is 12.3 Å². The Hall–Kier alpha value is -2.61. The molecule has 29 heavy (non-hydrogen) atoms. The second kappa shape index (κ2) is 5.72. The highest BCUT2D eigenvalue weighted by atomic mass is 19.1. The average molecular weight is 401 g/mol. The van der Waals surface area contributed by atoms with E-state index in [0.29, 0.717) is 17.3 Å². The van der Waals surface area contributed by atoms with Crippen molar-refractivity contribution in [1.82, 2.24) is 4.57 Å². The van der Waals surface area contributed by atoms with Crippen LogP contribution in [0.15, 0.2) is 23.1 Å². The van der Waals surface area contributed by atoms with Crippen molar-refractivity contribution in [2.75, 3.05) is 18.0 Å². The van der Waals surface area contributed by atoms with Gasteiger partial charge in [0.1, 0.15) is 6.17 Å². The van der Waals surface area contributed by atoms with Crippen molar-refractivity contribution in [2.45, 2.75) is 50.9 Å². The second-order valence-electron chi connectivity index (χ2n) is 9.08. The summed E-state index contributed by atoms with van der Waals surface area (Å²) in [6.07, 6.45) is 1.32. The van der Waals surface area contributed by atoms with Gasteiger partial charge in [0.25, 0.3) is 0 Å². The molecule has 0 bridgehead atoms. The molecule has 0 unspecified atom stereocenters. The van der Waals surface area contributed by atoms with E-state index in [1.54, 1.807) is 10.6 Å². The molecule has 1 aromatic heterocycles. The molecule has 1 aliphatic heterocycles. The van der Waals surface area contributed by atoms with Crippen LogP contribution in [0.5, 0.6) is 5.75 Å². The Morgan fingerprint density at radius 3 is 2.59 bits per heavy atom. The number of pyridine rings is 1. The van der Waals surface area contributed by atoms with Gasteiger partial charge in [-0.1, -0.05) is 0 Å². The summed E-state index contributed by atoms with van der Waals surface area (Å²) in [5.74, 6) is -0.302. The quantitative estimate of drug-likeness (QED) is 0.768. The minimum absolute atomic E-state index is 0.147. The molecule has 3 atom stereocenters. The third-order valence-electron chi connectivity index (χ3n) is 7.04. The molecule has 5 rings (SSSR count). The van der Waals surface area contributed by atoms with Crippen molar-refractivity contribution in [3.63, 3.8) is 0 Å². The number of ether oxygens (including phenoxy) is 1. The van der Waals surface area contributed by atoms with E-state index in [1.165, 1.54) is 6.20 Å². The molecule has 2 aliphatic carbocycles. The van der Waals surface area contributed by atoms with Gasteiger partial charge in [-0.2, -0.15) is 0 Å². The summed E-state index contributed by atoms with van der Waals surface area (Å²) in [4.78, 5) is 26.1. The van der Waals surface area contributed by atoms with Gasteiger partial charge >= 0.3 is 6.16 Å². The van der Waals surface area contributed by atoms with Gasteiger partial charge in [-0.3, -0.25) is 4.79 Å². The standard InChI is InChI=1S/C21H24FN3O4/c1-11-14(24-9-20(2,23)21(10-24)5-6-21)4-3-12-17(11)25(15-7-13(15)22)8-16(18(12)26)29-19(27)28/h3-4,8,13,15H,5-7,9-10,23H2,1-2H3,(H,27,28)/t13-,15+,20+/m0/s1. The Kier molecular flexibility index (Phi) is 3.63. The lowest BCUT2D eigenvalue weighted by Gasteiger charge is -2.25. The molecule has 1 saturated heterocycles. The third-order valence-corrected chi connectivity index (χ3v) is 7.04. The summed E-state index contributed by atoms with van der Waals surface area (Å²) in [5, 5.41) is 9.28. The number of aromatic nitrogens is 1. The lowest BCUT2D eigenvalue weighted by molar-refractivity contribution is 0.143. The minimum Gasteiger partial charge on any atom is -0.449 e. The Bertz CT molecular complexity index is 1100. The van der Waals surface area contributed by atoms with Crippen molar-refractivity contribution in [3.8, 4) is 5.75 Å². The molecule has 8 heteroatoms. The Labute approximate surface area is 166 Å². The molecule has 154 valence electrons. The molecule has 3 N–H and O–H groups in total. The summed E-state index contributed by atoms with van der Waals surface area (Å²) in [5.41, 5.74) is 8.44. The number of alkyl halides is 1. The van der Waals surface area contributed by atoms with Crippen molar-refractivity contribution < 1.29 is 19.0 Å². The monoisotopic (exact) mass is 401 g/mol. The molecule has 1 spiro atoms. The van der Waals surface area contributed by atoms with Crippen LogP contribution in [0.2, 0.25) is 0 Å². The van der Waals surface area contributed by atoms with Crippen LogP contribution in [0.3, 0.4) is 0 Å². The number of carbonyl (C=O) groups is 1. The molecule has 0 radical (unpaired) electrons. The molecular weight excluding hydrogens is 377 g/mol. The van der Waals surface area contributed by atoms with E-state index >= 15 is 0 Å². The van der Waals surface area contributed by atoms with Crippen molar-refractivity contribution in [1.29, 1.82) is 0 Å². The maximum atomic E-state index is 13.9. The Morgan fingerprint density at radius 1 is 1.34 bits per heavy atom. The number of aryl methyl sites for hydroxylation is 1. The van der Waals surface area contributed by atoms with E-state index in [1.807, 2.05) is 13.0 Å². The molecule has 7 nitrogen and oxygen atoms in total. The van der Waals surface area contributed by atoms with E-state index in [4.69, 9.17) is 10.8 Å². The highest BCUT2D eigenvalue weighted by molar-refractivity contribution is 5.89. The van der Waals surface area contributed by atoms with E-state index in [0.717, 1.165) is 37.2 Å². The van der Waals surface area contributed by atoms with Gasteiger partial charge in [0, 0.05) is 36.2 Å². The van der Waals surface area contributed by atoms with E-state index in [-0.39, 0.29) is 16.7 Å². The third kappa shape index (κ3) is 2.65. The van der Waals surface area contributed by atoms with Crippen LogP contribution in [0.25, 0.3) is 10.9 Å². The number of benzene rings is 1. The molecule has 3 fully saturated rings. The van der Waals surface area contributed by atoms with Crippen LogP contribution in [-0.4, -0.2) is 40.6 Å². The van der Waals surface area contributed by atoms with Crippen LogP contribution in [-0.2, 0) is 0 Å². The van der Waals surface area contributed by atoms with Crippen LogP contribution in [0.4, 0.5) is 14.9 Å². The Morgan fingerprint density at radius 2 is 2.03 bits per heavy atom. The Balaban J connectivity index is 1.67. The first-order chi connectivity index (χ1) is 13.6. The largest absolute Gasteiger partial charge is 0.511 e. The number of rotatable bonds is 3. The molecule has 2 aromatic rings. The number of nitrogens with two attached hydrogens (primary N) is 1. The zero-order valence-electron chi connectivity index (χ0n) is 16.4. The lowest BCUT2D eigenvalue weighted by atomic mass is 9.87.